The third kappa shape index (κ3) is 6.06. The summed E-state index contributed by atoms with van der Waals surface area (Å²) in [6, 6.07) is 13.4. The second kappa shape index (κ2) is 11.4. The minimum absolute atomic E-state index is 0. The minimum Gasteiger partial charge on any atom is -0.506 e. The van der Waals surface area contributed by atoms with E-state index >= 15 is 0 Å². The summed E-state index contributed by atoms with van der Waals surface area (Å²) < 4.78 is 40.6. The van der Waals surface area contributed by atoms with Crippen molar-refractivity contribution in [3.05, 3.63) is 74.2 Å². The molecule has 35 heavy (non-hydrogen) atoms. The normalized spacial score (nSPS) is 15.0. The van der Waals surface area contributed by atoms with Crippen molar-refractivity contribution in [2.75, 3.05) is 25.5 Å². The Hall–Kier alpha value is -1.98. The van der Waals surface area contributed by atoms with Gasteiger partial charge in [0, 0.05) is 6.04 Å². The van der Waals surface area contributed by atoms with Gasteiger partial charge < -0.3 is 19.9 Å². The molecule has 0 spiro atoms. The van der Waals surface area contributed by atoms with E-state index in [2.05, 4.69) is 41.9 Å². The Morgan fingerprint density at radius 3 is 2.31 bits per heavy atom. The number of ether oxygens (including phenoxy) is 2. The van der Waals surface area contributed by atoms with Gasteiger partial charge in [-0.05, 0) is 116 Å². The predicted molar refractivity (Wildman–Crippen MR) is 146 cm³/mol. The maximum atomic E-state index is 12.9. The molecule has 3 aromatic rings. The molecule has 0 aromatic heterocycles. The molecule has 1 unspecified atom stereocenters. The first-order valence-corrected chi connectivity index (χ1v) is 13.6. The summed E-state index contributed by atoms with van der Waals surface area (Å²) in [5.74, 6) is 1.17. The summed E-state index contributed by atoms with van der Waals surface area (Å²) in [5.41, 5.74) is 3.14. The summed E-state index contributed by atoms with van der Waals surface area (Å²) in [6.45, 7) is 0.756. The number of halogens is 3. The molecule has 0 fully saturated rings. The number of nitrogens with one attached hydrogen (secondary N) is 2. The zero-order valence-electron chi connectivity index (χ0n) is 19.0. The van der Waals surface area contributed by atoms with E-state index in [0.717, 1.165) is 44.4 Å². The molecule has 7 nitrogen and oxygen atoms in total. The molecule has 0 saturated carbocycles. The van der Waals surface area contributed by atoms with Crippen LogP contribution in [0.5, 0.6) is 17.2 Å². The van der Waals surface area contributed by atoms with Crippen molar-refractivity contribution in [3.63, 3.8) is 0 Å². The monoisotopic (exact) mass is 646 g/mol. The Balaban J connectivity index is 0.00000342. The van der Waals surface area contributed by atoms with Crippen molar-refractivity contribution in [1.29, 1.82) is 0 Å². The smallest absolute Gasteiger partial charge is 0.262 e. The van der Waals surface area contributed by atoms with Crippen molar-refractivity contribution in [3.8, 4) is 17.2 Å². The van der Waals surface area contributed by atoms with Crippen molar-refractivity contribution in [2.45, 2.75) is 23.8 Å². The van der Waals surface area contributed by atoms with Crippen LogP contribution in [0, 0.1) is 0 Å². The highest BCUT2D eigenvalue weighted by Gasteiger charge is 2.25. The molecule has 1 atom stereocenters. The lowest BCUT2D eigenvalue weighted by molar-refractivity contribution is 0.409. The fraction of sp³-hybridized carbons (Fsp3) is 0.250. The number of hydrogen-bond donors (Lipinski definition) is 3. The van der Waals surface area contributed by atoms with Crippen molar-refractivity contribution in [1.82, 2.24) is 5.32 Å². The highest BCUT2D eigenvalue weighted by Crippen LogP contribution is 2.38. The van der Waals surface area contributed by atoms with Crippen LogP contribution in [0.4, 0.5) is 5.69 Å². The number of hydrogen-bond acceptors (Lipinski definition) is 6. The van der Waals surface area contributed by atoms with E-state index in [1.165, 1.54) is 19.2 Å². The van der Waals surface area contributed by atoms with Gasteiger partial charge in [-0.3, -0.25) is 4.72 Å². The Morgan fingerprint density at radius 2 is 1.71 bits per heavy atom. The quantitative estimate of drug-likeness (QED) is 0.290. The van der Waals surface area contributed by atoms with Crippen LogP contribution in [-0.2, 0) is 22.9 Å². The van der Waals surface area contributed by atoms with E-state index in [4.69, 9.17) is 9.47 Å². The fourth-order valence-corrected chi connectivity index (χ4v) is 6.73. The van der Waals surface area contributed by atoms with E-state index < -0.39 is 10.0 Å². The number of sulfonamides is 1. The van der Waals surface area contributed by atoms with Crippen LogP contribution < -0.4 is 19.5 Å². The Morgan fingerprint density at radius 1 is 1.06 bits per heavy atom. The third-order valence-corrected chi connectivity index (χ3v) is 8.29. The molecule has 1 aliphatic heterocycles. The fourth-order valence-electron chi connectivity index (χ4n) is 4.06. The van der Waals surface area contributed by atoms with E-state index in [0.29, 0.717) is 12.2 Å². The number of anilines is 1. The first-order chi connectivity index (χ1) is 16.2. The van der Waals surface area contributed by atoms with E-state index in [1.54, 1.807) is 31.4 Å². The molecule has 3 N–H and O–H groups in total. The molecule has 0 saturated heterocycles. The third-order valence-electron chi connectivity index (χ3n) is 5.73. The highest BCUT2D eigenvalue weighted by atomic mass is 79.9. The van der Waals surface area contributed by atoms with Crippen LogP contribution in [0.2, 0.25) is 0 Å². The number of methoxy groups -OCH3 is 2. The highest BCUT2D eigenvalue weighted by molar-refractivity contribution is 9.11. The maximum absolute atomic E-state index is 12.9. The van der Waals surface area contributed by atoms with Crippen LogP contribution >= 0.6 is 44.3 Å². The van der Waals surface area contributed by atoms with Gasteiger partial charge in [0.15, 0.2) is 0 Å². The van der Waals surface area contributed by atoms with Crippen molar-refractivity contribution >= 4 is 60.0 Å². The van der Waals surface area contributed by atoms with E-state index in [-0.39, 0.29) is 34.8 Å². The van der Waals surface area contributed by atoms with Gasteiger partial charge in [0.25, 0.3) is 10.0 Å². The molecule has 4 rings (SSSR count). The Bertz CT molecular complexity index is 1300. The maximum Gasteiger partial charge on any atom is 0.262 e. The molecule has 0 bridgehead atoms. The van der Waals surface area contributed by atoms with Gasteiger partial charge in [-0.1, -0.05) is 0 Å². The largest absolute Gasteiger partial charge is 0.506 e. The van der Waals surface area contributed by atoms with E-state index in [1.807, 2.05) is 12.1 Å². The summed E-state index contributed by atoms with van der Waals surface area (Å²) in [5, 5.41) is 14.1. The molecule has 0 amide bonds. The van der Waals surface area contributed by atoms with Gasteiger partial charge >= 0.3 is 0 Å². The lowest BCUT2D eigenvalue weighted by atomic mass is 9.89. The molecular formula is C24H25Br2ClN2O5S. The van der Waals surface area contributed by atoms with Crippen LogP contribution in [0.25, 0.3) is 0 Å². The number of rotatable bonds is 7. The number of phenolic OH excluding ortho intramolecular Hbond substituents is 1. The van der Waals surface area contributed by atoms with Gasteiger partial charge in [-0.25, -0.2) is 8.42 Å². The lowest BCUT2D eigenvalue weighted by Crippen LogP contribution is -2.31. The topological polar surface area (TPSA) is 96.9 Å². The standard InChI is InChI=1S/C24H24Br2N2O5S.ClH/c1-32-16-3-5-17(6-4-16)34(30,31)28-22-13-18-15(12-23(22)29)7-8-27-21(18)11-14-9-19(25)24(33-2)20(26)10-14;/h3-6,9-10,12-13,21,27-29H,7-8,11H2,1-2H3;1H. The molecule has 1 aliphatic rings. The van der Waals surface area contributed by atoms with Crippen LogP contribution in [-0.4, -0.2) is 34.3 Å². The van der Waals surface area contributed by atoms with Gasteiger partial charge in [0.1, 0.15) is 17.2 Å². The first-order valence-electron chi connectivity index (χ1n) is 10.5. The van der Waals surface area contributed by atoms with E-state index in [9.17, 15) is 13.5 Å². The van der Waals surface area contributed by atoms with Gasteiger partial charge in [0.2, 0.25) is 0 Å². The van der Waals surface area contributed by atoms with Crippen LogP contribution in [0.3, 0.4) is 0 Å². The lowest BCUT2D eigenvalue weighted by Gasteiger charge is -2.28. The van der Waals surface area contributed by atoms with Gasteiger partial charge in [0.05, 0.1) is 33.7 Å². The van der Waals surface area contributed by atoms with Crippen molar-refractivity contribution in [2.24, 2.45) is 0 Å². The number of fused-ring (bicyclic) bond motifs is 1. The molecule has 3 aromatic carbocycles. The Kier molecular flexibility index (Phi) is 8.98. The molecule has 188 valence electrons. The predicted octanol–water partition coefficient (Wildman–Crippen LogP) is 5.59. The SMILES string of the molecule is COc1ccc(S(=O)(=O)Nc2cc3c(cc2O)CCNC3Cc2cc(Br)c(OC)c(Br)c2)cc1.Cl. The summed E-state index contributed by atoms with van der Waals surface area (Å²) in [4.78, 5) is 0.0769. The average molecular weight is 649 g/mol. The second-order valence-corrected chi connectivity index (χ2v) is 11.3. The zero-order valence-corrected chi connectivity index (χ0v) is 23.8. The number of benzene rings is 3. The zero-order chi connectivity index (χ0) is 24.5. The molecule has 11 heteroatoms. The molecule has 0 aliphatic carbocycles. The van der Waals surface area contributed by atoms with Crippen LogP contribution in [0.1, 0.15) is 22.7 Å². The average Bonchev–Trinajstić information content (AvgIpc) is 2.80. The second-order valence-electron chi connectivity index (χ2n) is 7.90. The molecular weight excluding hydrogens is 624 g/mol. The van der Waals surface area contributed by atoms with Crippen LogP contribution in [0.15, 0.2) is 62.4 Å². The molecule has 0 radical (unpaired) electrons. The summed E-state index contributed by atoms with van der Waals surface area (Å²) in [6.07, 6.45) is 1.41. The first kappa shape index (κ1) is 27.6. The number of aromatic hydroxyl groups is 1. The van der Waals surface area contributed by atoms with Gasteiger partial charge in [-0.2, -0.15) is 0 Å². The summed E-state index contributed by atoms with van der Waals surface area (Å²) in [7, 11) is -0.765. The Labute approximate surface area is 227 Å². The van der Waals surface area contributed by atoms with Crippen molar-refractivity contribution < 1.29 is 23.0 Å². The minimum atomic E-state index is -3.89. The van der Waals surface area contributed by atoms with Gasteiger partial charge in [-0.15, -0.1) is 12.4 Å². The summed E-state index contributed by atoms with van der Waals surface area (Å²) >= 11 is 7.09. The molecule has 1 heterocycles. The number of phenols is 1.